The van der Waals surface area contributed by atoms with Gasteiger partial charge in [0.2, 0.25) is 0 Å². The number of fused-ring (bicyclic) bond motifs is 1. The summed E-state index contributed by atoms with van der Waals surface area (Å²) in [5.74, 6) is 0.688. The van der Waals surface area contributed by atoms with Gasteiger partial charge in [0, 0.05) is 18.3 Å². The maximum absolute atomic E-state index is 3.20. The molecule has 2 rings (SSSR count). The summed E-state index contributed by atoms with van der Waals surface area (Å²) in [6.07, 6.45) is 4.57. The third-order valence-corrected chi connectivity index (χ3v) is 3.29. The summed E-state index contributed by atoms with van der Waals surface area (Å²) in [6.45, 7) is 6.72. The molecule has 0 fully saturated rings. The maximum atomic E-state index is 3.20. The van der Waals surface area contributed by atoms with E-state index in [1.54, 1.807) is 0 Å². The first-order valence-electron chi connectivity index (χ1n) is 6.93. The number of rotatable bonds is 6. The second-order valence-electron chi connectivity index (χ2n) is 5.46. The van der Waals surface area contributed by atoms with Crippen molar-refractivity contribution in [2.45, 2.75) is 33.2 Å². The first kappa shape index (κ1) is 13.2. The molecule has 0 aliphatic carbocycles. The van der Waals surface area contributed by atoms with Gasteiger partial charge in [-0.1, -0.05) is 26.0 Å². The fourth-order valence-corrected chi connectivity index (χ4v) is 2.41. The maximum Gasteiger partial charge on any atom is 0.0483 e. The van der Waals surface area contributed by atoms with Gasteiger partial charge in [0.05, 0.1) is 0 Å². The molecule has 2 heteroatoms. The zero-order chi connectivity index (χ0) is 13.0. The Bertz CT molecular complexity index is 497. The summed E-state index contributed by atoms with van der Waals surface area (Å²) in [5.41, 5.74) is 2.83. The third kappa shape index (κ3) is 3.14. The summed E-state index contributed by atoms with van der Waals surface area (Å²) in [5, 5.41) is 4.56. The van der Waals surface area contributed by atoms with Crippen LogP contribution in [0.5, 0.6) is 0 Å². The number of aryl methyl sites for hydroxylation is 1. The standard InChI is InChI=1S/C16H24N2/c1-13(2)12-18-10-8-15-7-6-14(11-16(15)18)5-4-9-17-3/h6-8,10-11,13,17H,4-5,9,12H2,1-3H3. The van der Waals surface area contributed by atoms with E-state index in [4.69, 9.17) is 0 Å². The van der Waals surface area contributed by atoms with Gasteiger partial charge in [-0.15, -0.1) is 0 Å². The Balaban J connectivity index is 2.19. The first-order valence-corrected chi connectivity index (χ1v) is 6.93. The molecule has 0 radical (unpaired) electrons. The lowest BCUT2D eigenvalue weighted by molar-refractivity contribution is 0.535. The molecule has 1 aromatic heterocycles. The van der Waals surface area contributed by atoms with Gasteiger partial charge < -0.3 is 9.88 Å². The quantitative estimate of drug-likeness (QED) is 0.770. The highest BCUT2D eigenvalue weighted by Crippen LogP contribution is 2.19. The van der Waals surface area contributed by atoms with Crippen LogP contribution in [-0.2, 0) is 13.0 Å². The number of nitrogens with one attached hydrogen (secondary N) is 1. The fraction of sp³-hybridized carbons (Fsp3) is 0.500. The predicted octanol–water partition coefficient (Wildman–Crippen LogP) is 3.45. The second kappa shape index (κ2) is 6.05. The summed E-state index contributed by atoms with van der Waals surface area (Å²) in [4.78, 5) is 0. The van der Waals surface area contributed by atoms with Crippen LogP contribution in [-0.4, -0.2) is 18.2 Å². The Labute approximate surface area is 110 Å². The van der Waals surface area contributed by atoms with Crippen LogP contribution in [0.2, 0.25) is 0 Å². The van der Waals surface area contributed by atoms with Gasteiger partial charge in [-0.25, -0.2) is 0 Å². The molecule has 0 bridgehead atoms. The molecular formula is C16H24N2. The van der Waals surface area contributed by atoms with Crippen molar-refractivity contribution < 1.29 is 0 Å². The number of aromatic nitrogens is 1. The number of hydrogen-bond acceptors (Lipinski definition) is 1. The van der Waals surface area contributed by atoms with Crippen LogP contribution in [0.3, 0.4) is 0 Å². The molecule has 0 unspecified atom stereocenters. The molecule has 18 heavy (non-hydrogen) atoms. The summed E-state index contributed by atoms with van der Waals surface area (Å²) < 4.78 is 2.38. The third-order valence-electron chi connectivity index (χ3n) is 3.29. The largest absolute Gasteiger partial charge is 0.347 e. The van der Waals surface area contributed by atoms with E-state index >= 15 is 0 Å². The van der Waals surface area contributed by atoms with E-state index < -0.39 is 0 Å². The lowest BCUT2D eigenvalue weighted by atomic mass is 10.1. The predicted molar refractivity (Wildman–Crippen MR) is 79.0 cm³/mol. The summed E-state index contributed by atoms with van der Waals surface area (Å²) in [6, 6.07) is 9.08. The van der Waals surface area contributed by atoms with E-state index in [0.29, 0.717) is 5.92 Å². The van der Waals surface area contributed by atoms with Gasteiger partial charge in [0.15, 0.2) is 0 Å². The Hall–Kier alpha value is -1.28. The molecule has 0 aliphatic rings. The van der Waals surface area contributed by atoms with Gasteiger partial charge in [-0.2, -0.15) is 0 Å². The highest BCUT2D eigenvalue weighted by Gasteiger charge is 2.04. The number of hydrogen-bond donors (Lipinski definition) is 1. The molecule has 98 valence electrons. The van der Waals surface area contributed by atoms with Crippen molar-refractivity contribution in [2.75, 3.05) is 13.6 Å². The van der Waals surface area contributed by atoms with Crippen molar-refractivity contribution >= 4 is 10.9 Å². The van der Waals surface area contributed by atoms with Crippen LogP contribution in [0.4, 0.5) is 0 Å². The molecule has 0 saturated carbocycles. The van der Waals surface area contributed by atoms with E-state index in [1.165, 1.54) is 22.9 Å². The lowest BCUT2D eigenvalue weighted by Crippen LogP contribution is -2.08. The van der Waals surface area contributed by atoms with Gasteiger partial charge in [0.1, 0.15) is 0 Å². The molecule has 2 nitrogen and oxygen atoms in total. The lowest BCUT2D eigenvalue weighted by Gasteiger charge is -2.09. The van der Waals surface area contributed by atoms with Crippen LogP contribution in [0.1, 0.15) is 25.8 Å². The number of benzene rings is 1. The van der Waals surface area contributed by atoms with Crippen molar-refractivity contribution in [2.24, 2.45) is 5.92 Å². The van der Waals surface area contributed by atoms with Gasteiger partial charge >= 0.3 is 0 Å². The molecule has 0 atom stereocenters. The van der Waals surface area contributed by atoms with Crippen LogP contribution >= 0.6 is 0 Å². The molecule has 0 aliphatic heterocycles. The van der Waals surface area contributed by atoms with E-state index in [1.807, 2.05) is 7.05 Å². The molecule has 0 amide bonds. The van der Waals surface area contributed by atoms with Crippen LogP contribution in [0.25, 0.3) is 10.9 Å². The van der Waals surface area contributed by atoms with Gasteiger partial charge in [0.25, 0.3) is 0 Å². The fourth-order valence-electron chi connectivity index (χ4n) is 2.41. The topological polar surface area (TPSA) is 17.0 Å². The van der Waals surface area contributed by atoms with E-state index in [2.05, 4.69) is 54.2 Å². The van der Waals surface area contributed by atoms with E-state index in [9.17, 15) is 0 Å². The average molecular weight is 244 g/mol. The SMILES string of the molecule is CNCCCc1ccc2ccn(CC(C)C)c2c1. The zero-order valence-corrected chi connectivity index (χ0v) is 11.7. The van der Waals surface area contributed by atoms with E-state index in [0.717, 1.165) is 19.5 Å². The molecule has 0 spiro atoms. The second-order valence-corrected chi connectivity index (χ2v) is 5.46. The van der Waals surface area contributed by atoms with Crippen molar-refractivity contribution in [3.05, 3.63) is 36.0 Å². The van der Waals surface area contributed by atoms with Crippen LogP contribution in [0, 0.1) is 5.92 Å². The molecule has 1 aromatic carbocycles. The highest BCUT2D eigenvalue weighted by atomic mass is 15.0. The Morgan fingerprint density at radius 3 is 2.78 bits per heavy atom. The molecular weight excluding hydrogens is 220 g/mol. The zero-order valence-electron chi connectivity index (χ0n) is 11.7. The Kier molecular flexibility index (Phi) is 4.43. The smallest absolute Gasteiger partial charge is 0.0483 e. The first-order chi connectivity index (χ1) is 8.70. The Morgan fingerprint density at radius 2 is 2.06 bits per heavy atom. The molecule has 1 N–H and O–H groups in total. The van der Waals surface area contributed by atoms with Crippen LogP contribution < -0.4 is 5.32 Å². The minimum absolute atomic E-state index is 0.688. The average Bonchev–Trinajstić information content (AvgIpc) is 2.72. The minimum Gasteiger partial charge on any atom is -0.347 e. The Morgan fingerprint density at radius 1 is 1.22 bits per heavy atom. The van der Waals surface area contributed by atoms with Gasteiger partial charge in [-0.3, -0.25) is 0 Å². The molecule has 1 heterocycles. The number of nitrogens with zero attached hydrogens (tertiary/aromatic N) is 1. The highest BCUT2D eigenvalue weighted by molar-refractivity contribution is 5.80. The normalized spacial score (nSPS) is 11.6. The van der Waals surface area contributed by atoms with Crippen LogP contribution in [0.15, 0.2) is 30.5 Å². The summed E-state index contributed by atoms with van der Waals surface area (Å²) in [7, 11) is 2.01. The van der Waals surface area contributed by atoms with Gasteiger partial charge in [-0.05, 0) is 55.4 Å². The minimum atomic E-state index is 0.688. The van der Waals surface area contributed by atoms with Crippen molar-refractivity contribution in [3.8, 4) is 0 Å². The molecule has 0 saturated heterocycles. The van der Waals surface area contributed by atoms with Crippen molar-refractivity contribution in [1.29, 1.82) is 0 Å². The monoisotopic (exact) mass is 244 g/mol. The molecule has 2 aromatic rings. The van der Waals surface area contributed by atoms with Crippen molar-refractivity contribution in [3.63, 3.8) is 0 Å². The summed E-state index contributed by atoms with van der Waals surface area (Å²) >= 11 is 0. The van der Waals surface area contributed by atoms with Crippen molar-refractivity contribution in [1.82, 2.24) is 9.88 Å². The van der Waals surface area contributed by atoms with E-state index in [-0.39, 0.29) is 0 Å².